The number of carboxylic acid groups (broad SMARTS) is 1. The van der Waals surface area contributed by atoms with E-state index in [1.54, 1.807) is 42.1 Å². The molecule has 2 amide bonds. The number of benzene rings is 1. The molecule has 0 heterocycles. The number of carboxylic acids is 1. The van der Waals surface area contributed by atoms with Gasteiger partial charge >= 0.3 is 12.0 Å². The van der Waals surface area contributed by atoms with E-state index in [1.807, 2.05) is 13.2 Å². The largest absolute Gasteiger partial charge is 0.479 e. The van der Waals surface area contributed by atoms with Crippen LogP contribution in [-0.2, 0) is 4.79 Å². The number of rotatable bonds is 7. The van der Waals surface area contributed by atoms with Crippen LogP contribution in [0.1, 0.15) is 24.9 Å². The van der Waals surface area contributed by atoms with Crippen LogP contribution in [0.5, 0.6) is 0 Å². The van der Waals surface area contributed by atoms with Gasteiger partial charge in [0.25, 0.3) is 0 Å². The van der Waals surface area contributed by atoms with Crippen molar-refractivity contribution < 1.29 is 14.7 Å². The van der Waals surface area contributed by atoms with E-state index < -0.39 is 18.0 Å². The maximum absolute atomic E-state index is 11.9. The van der Waals surface area contributed by atoms with E-state index in [4.69, 9.17) is 0 Å². The van der Waals surface area contributed by atoms with Gasteiger partial charge in [0.15, 0.2) is 6.04 Å². The maximum atomic E-state index is 11.9. The van der Waals surface area contributed by atoms with Crippen molar-refractivity contribution in [2.75, 3.05) is 12.0 Å². The van der Waals surface area contributed by atoms with Gasteiger partial charge in [0.1, 0.15) is 0 Å². The highest BCUT2D eigenvalue weighted by Gasteiger charge is 2.22. The molecule has 2 atom stereocenters. The van der Waals surface area contributed by atoms with E-state index in [2.05, 4.69) is 10.6 Å². The molecule has 0 aliphatic carbocycles. The topological polar surface area (TPSA) is 78.4 Å². The number of carbonyl (C=O) groups is 2. The number of carbonyl (C=O) groups excluding carboxylic acids is 1. The molecule has 0 aromatic heterocycles. The summed E-state index contributed by atoms with van der Waals surface area (Å²) in [7, 11) is 0. The van der Waals surface area contributed by atoms with Gasteiger partial charge in [-0.25, -0.2) is 9.59 Å². The van der Waals surface area contributed by atoms with Gasteiger partial charge in [-0.15, -0.1) is 0 Å². The Morgan fingerprint density at radius 3 is 2.40 bits per heavy atom. The van der Waals surface area contributed by atoms with Crippen molar-refractivity contribution in [1.82, 2.24) is 10.6 Å². The Labute approximate surface area is 123 Å². The molecule has 1 aromatic carbocycles. The molecule has 0 spiro atoms. The standard InChI is InChI=1S/C14H20N2O3S/c1-3-11(9-20-2)15-14(19)16-12(13(17)18)10-7-5-4-6-8-10/h4-8,11-12H,3,9H2,1-2H3,(H,17,18)(H2,15,16,19)/t11?,12-/m0/s1. The van der Waals surface area contributed by atoms with E-state index in [9.17, 15) is 14.7 Å². The SMILES string of the molecule is CCC(CSC)NC(=O)N[C@H](C(=O)O)c1ccccc1. The highest BCUT2D eigenvalue weighted by atomic mass is 32.2. The molecule has 0 saturated carbocycles. The van der Waals surface area contributed by atoms with Crippen molar-refractivity contribution in [2.24, 2.45) is 0 Å². The third-order valence-electron chi connectivity index (χ3n) is 2.85. The molecule has 0 fully saturated rings. The molecule has 1 aromatic rings. The Morgan fingerprint density at radius 1 is 1.25 bits per heavy atom. The van der Waals surface area contributed by atoms with E-state index in [0.717, 1.165) is 12.2 Å². The van der Waals surface area contributed by atoms with Gasteiger partial charge in [-0.05, 0) is 18.2 Å². The smallest absolute Gasteiger partial charge is 0.330 e. The third-order valence-corrected chi connectivity index (χ3v) is 3.59. The predicted molar refractivity (Wildman–Crippen MR) is 80.9 cm³/mol. The number of amides is 2. The second kappa shape index (κ2) is 8.47. The van der Waals surface area contributed by atoms with E-state index >= 15 is 0 Å². The quantitative estimate of drug-likeness (QED) is 0.721. The molecule has 1 rings (SSSR count). The monoisotopic (exact) mass is 296 g/mol. The fourth-order valence-electron chi connectivity index (χ4n) is 1.75. The van der Waals surface area contributed by atoms with Gasteiger partial charge in [-0.2, -0.15) is 11.8 Å². The first-order valence-corrected chi connectivity index (χ1v) is 7.81. The Bertz CT molecular complexity index is 439. The summed E-state index contributed by atoms with van der Waals surface area (Å²) in [5.41, 5.74) is 0.549. The van der Waals surface area contributed by atoms with Crippen LogP contribution < -0.4 is 10.6 Å². The predicted octanol–water partition coefficient (Wildman–Crippen LogP) is 2.25. The van der Waals surface area contributed by atoms with Crippen molar-refractivity contribution >= 4 is 23.8 Å². The first-order chi connectivity index (χ1) is 9.58. The summed E-state index contributed by atoms with van der Waals surface area (Å²) < 4.78 is 0. The summed E-state index contributed by atoms with van der Waals surface area (Å²) in [6.07, 6.45) is 2.77. The van der Waals surface area contributed by atoms with Gasteiger partial charge < -0.3 is 15.7 Å². The molecule has 20 heavy (non-hydrogen) atoms. The molecular formula is C14H20N2O3S. The van der Waals surface area contributed by atoms with Gasteiger partial charge in [-0.1, -0.05) is 37.3 Å². The van der Waals surface area contributed by atoms with Crippen molar-refractivity contribution in [3.05, 3.63) is 35.9 Å². The number of urea groups is 1. The average molecular weight is 296 g/mol. The van der Waals surface area contributed by atoms with Gasteiger partial charge in [0, 0.05) is 11.8 Å². The number of thioether (sulfide) groups is 1. The first kappa shape index (κ1) is 16.4. The van der Waals surface area contributed by atoms with E-state index in [0.29, 0.717) is 5.56 Å². The Balaban J connectivity index is 2.67. The Hall–Kier alpha value is -1.69. The fourth-order valence-corrected chi connectivity index (χ4v) is 2.48. The average Bonchev–Trinajstić information content (AvgIpc) is 2.45. The minimum Gasteiger partial charge on any atom is -0.479 e. The molecule has 0 saturated heterocycles. The molecule has 5 nitrogen and oxygen atoms in total. The van der Waals surface area contributed by atoms with Crippen LogP contribution in [0.4, 0.5) is 4.79 Å². The van der Waals surface area contributed by atoms with Gasteiger partial charge in [0.2, 0.25) is 0 Å². The number of hydrogen-bond donors (Lipinski definition) is 3. The number of aliphatic carboxylic acids is 1. The highest BCUT2D eigenvalue weighted by molar-refractivity contribution is 7.98. The fraction of sp³-hybridized carbons (Fsp3) is 0.429. The number of nitrogens with one attached hydrogen (secondary N) is 2. The van der Waals surface area contributed by atoms with Gasteiger partial charge in [0.05, 0.1) is 0 Å². The van der Waals surface area contributed by atoms with E-state index in [-0.39, 0.29) is 6.04 Å². The summed E-state index contributed by atoms with van der Waals surface area (Å²) in [5.74, 6) is -0.281. The molecule has 1 unspecified atom stereocenters. The van der Waals surface area contributed by atoms with Crippen molar-refractivity contribution in [3.8, 4) is 0 Å². The highest BCUT2D eigenvalue weighted by Crippen LogP contribution is 2.12. The van der Waals surface area contributed by atoms with Crippen molar-refractivity contribution in [1.29, 1.82) is 0 Å². The maximum Gasteiger partial charge on any atom is 0.330 e. The second-order valence-corrected chi connectivity index (χ2v) is 5.27. The summed E-state index contributed by atoms with van der Waals surface area (Å²) >= 11 is 1.64. The molecule has 6 heteroatoms. The lowest BCUT2D eigenvalue weighted by atomic mass is 10.1. The lowest BCUT2D eigenvalue weighted by molar-refractivity contribution is -0.139. The van der Waals surface area contributed by atoms with Crippen LogP contribution in [0.25, 0.3) is 0 Å². The zero-order chi connectivity index (χ0) is 15.0. The Morgan fingerprint density at radius 2 is 1.90 bits per heavy atom. The molecule has 110 valence electrons. The number of hydrogen-bond acceptors (Lipinski definition) is 3. The molecule has 0 aliphatic heterocycles. The van der Waals surface area contributed by atoms with Crippen molar-refractivity contribution in [3.63, 3.8) is 0 Å². The van der Waals surface area contributed by atoms with Crippen LogP contribution in [0, 0.1) is 0 Å². The zero-order valence-electron chi connectivity index (χ0n) is 11.6. The Kier molecular flexibility index (Phi) is 6.93. The third kappa shape index (κ3) is 5.13. The van der Waals surface area contributed by atoms with Gasteiger partial charge in [-0.3, -0.25) is 0 Å². The molecule has 3 N–H and O–H groups in total. The molecule has 0 radical (unpaired) electrons. The minimum absolute atomic E-state index is 0.0372. The first-order valence-electron chi connectivity index (χ1n) is 6.42. The normalized spacial score (nSPS) is 13.3. The van der Waals surface area contributed by atoms with E-state index in [1.165, 1.54) is 0 Å². The van der Waals surface area contributed by atoms with Crippen LogP contribution >= 0.6 is 11.8 Å². The summed E-state index contributed by atoms with van der Waals surface area (Å²) in [6.45, 7) is 1.98. The van der Waals surface area contributed by atoms with Crippen LogP contribution in [-0.4, -0.2) is 35.2 Å². The lowest BCUT2D eigenvalue weighted by Crippen LogP contribution is -2.46. The van der Waals surface area contributed by atoms with Crippen molar-refractivity contribution in [2.45, 2.75) is 25.4 Å². The minimum atomic E-state index is -1.08. The molecule has 0 bridgehead atoms. The lowest BCUT2D eigenvalue weighted by Gasteiger charge is -2.19. The summed E-state index contributed by atoms with van der Waals surface area (Å²) in [5, 5.41) is 14.5. The summed E-state index contributed by atoms with van der Waals surface area (Å²) in [4.78, 5) is 23.2. The molecule has 0 aliphatic rings. The molecular weight excluding hydrogens is 276 g/mol. The summed E-state index contributed by atoms with van der Waals surface area (Å²) in [6, 6.07) is 7.19. The van der Waals surface area contributed by atoms with Crippen LogP contribution in [0.3, 0.4) is 0 Å². The van der Waals surface area contributed by atoms with Crippen LogP contribution in [0.2, 0.25) is 0 Å². The zero-order valence-corrected chi connectivity index (χ0v) is 12.4. The second-order valence-electron chi connectivity index (χ2n) is 4.36. The van der Waals surface area contributed by atoms with Crippen LogP contribution in [0.15, 0.2) is 30.3 Å².